The van der Waals surface area contributed by atoms with Crippen molar-refractivity contribution in [1.82, 2.24) is 20.5 Å². The maximum atomic E-state index is 5.62. The van der Waals surface area contributed by atoms with E-state index in [2.05, 4.69) is 39.0 Å². The summed E-state index contributed by atoms with van der Waals surface area (Å²) in [6, 6.07) is 4.24. The zero-order valence-corrected chi connectivity index (χ0v) is 17.3. The van der Waals surface area contributed by atoms with Gasteiger partial charge in [0.05, 0.1) is 12.7 Å². The van der Waals surface area contributed by atoms with Crippen LogP contribution in [0.15, 0.2) is 42.2 Å². The first-order valence-corrected chi connectivity index (χ1v) is 8.72. The predicted octanol–water partition coefficient (Wildman–Crippen LogP) is 2.28. The lowest BCUT2D eigenvalue weighted by Gasteiger charge is -2.32. The number of halogens is 1. The summed E-state index contributed by atoms with van der Waals surface area (Å²) in [4.78, 5) is 11.1. The van der Waals surface area contributed by atoms with Gasteiger partial charge in [0.15, 0.2) is 5.96 Å². The maximum Gasteiger partial charge on any atom is 0.191 e. The minimum absolute atomic E-state index is 0. The average molecular weight is 459 g/mol. The average Bonchev–Trinajstić information content (AvgIpc) is 2.61. The molecule has 0 atom stereocenters. The third-order valence-electron chi connectivity index (χ3n) is 3.92. The van der Waals surface area contributed by atoms with Crippen LogP contribution in [0.25, 0.3) is 0 Å². The molecule has 0 aromatic carbocycles. The lowest BCUT2D eigenvalue weighted by atomic mass is 10.1. The summed E-state index contributed by atoms with van der Waals surface area (Å²) in [7, 11) is 0. The summed E-state index contributed by atoms with van der Waals surface area (Å²) < 4.78 is 5.62. The maximum absolute atomic E-state index is 5.62. The summed E-state index contributed by atoms with van der Waals surface area (Å²) in [6.07, 6.45) is 7.68. The Labute approximate surface area is 168 Å². The van der Waals surface area contributed by atoms with Crippen LogP contribution in [0.3, 0.4) is 0 Å². The van der Waals surface area contributed by atoms with E-state index in [4.69, 9.17) is 4.74 Å². The van der Waals surface area contributed by atoms with Crippen molar-refractivity contribution >= 4 is 29.9 Å². The lowest BCUT2D eigenvalue weighted by molar-refractivity contribution is 0.225. The summed E-state index contributed by atoms with van der Waals surface area (Å²) in [5.41, 5.74) is 0. The van der Waals surface area contributed by atoms with Gasteiger partial charge < -0.3 is 15.4 Å². The lowest BCUT2D eigenvalue weighted by Crippen LogP contribution is -2.48. The van der Waals surface area contributed by atoms with Crippen LogP contribution in [0.1, 0.15) is 19.8 Å². The second kappa shape index (κ2) is 12.9. The van der Waals surface area contributed by atoms with E-state index >= 15 is 0 Å². The second-order valence-electron chi connectivity index (χ2n) is 5.81. The summed E-state index contributed by atoms with van der Waals surface area (Å²) in [5.74, 6) is 1.65. The van der Waals surface area contributed by atoms with Gasteiger partial charge in [-0.3, -0.25) is 9.88 Å². The van der Waals surface area contributed by atoms with Crippen molar-refractivity contribution in [3.05, 3.63) is 37.2 Å². The van der Waals surface area contributed by atoms with Gasteiger partial charge in [-0.15, -0.1) is 30.6 Å². The Morgan fingerprint density at radius 2 is 2.28 bits per heavy atom. The van der Waals surface area contributed by atoms with Gasteiger partial charge in [-0.25, -0.2) is 4.99 Å². The highest BCUT2D eigenvalue weighted by atomic mass is 127. The molecule has 1 aliphatic heterocycles. The van der Waals surface area contributed by atoms with Crippen molar-refractivity contribution in [2.24, 2.45) is 4.99 Å². The highest BCUT2D eigenvalue weighted by Crippen LogP contribution is 2.10. The number of likely N-dealkylation sites (tertiary alicyclic amines) is 1. The third kappa shape index (κ3) is 8.53. The van der Waals surface area contributed by atoms with Gasteiger partial charge in [0.1, 0.15) is 12.4 Å². The second-order valence-corrected chi connectivity index (χ2v) is 5.81. The van der Waals surface area contributed by atoms with Gasteiger partial charge in [0, 0.05) is 38.4 Å². The van der Waals surface area contributed by atoms with Crippen LogP contribution >= 0.6 is 24.0 Å². The van der Waals surface area contributed by atoms with Crippen LogP contribution in [0.4, 0.5) is 0 Å². The molecule has 7 heteroatoms. The molecule has 25 heavy (non-hydrogen) atoms. The summed E-state index contributed by atoms with van der Waals surface area (Å²) in [5, 5.41) is 6.84. The van der Waals surface area contributed by atoms with Gasteiger partial charge in [-0.2, -0.15) is 0 Å². The van der Waals surface area contributed by atoms with Crippen LogP contribution in [0.2, 0.25) is 0 Å². The standard InChI is InChI=1S/C18H29N5O.HI/c1-3-11-23-12-7-16(8-13-23)22-18(20-4-2)21-10-14-24-17-6-5-9-19-15-17;/h3,5-6,9,15-16H,1,4,7-8,10-14H2,2H3,(H2,20,21,22);1H. The first kappa shape index (κ1) is 21.7. The van der Waals surface area contributed by atoms with E-state index in [0.29, 0.717) is 19.2 Å². The zero-order chi connectivity index (χ0) is 17.0. The molecule has 1 saturated heterocycles. The minimum atomic E-state index is 0. The number of nitrogens with zero attached hydrogens (tertiary/aromatic N) is 3. The number of piperidine rings is 1. The number of hydrogen-bond acceptors (Lipinski definition) is 4. The molecular formula is C18H30IN5O. The predicted molar refractivity (Wildman–Crippen MR) is 114 cm³/mol. The fraction of sp³-hybridized carbons (Fsp3) is 0.556. The molecule has 140 valence electrons. The number of pyridine rings is 1. The van der Waals surface area contributed by atoms with Crippen LogP contribution in [0.5, 0.6) is 5.75 Å². The normalized spacial score (nSPS) is 16.0. The molecule has 1 aliphatic rings. The number of aliphatic imine (C=N–C) groups is 1. The van der Waals surface area contributed by atoms with E-state index in [-0.39, 0.29) is 24.0 Å². The summed E-state index contributed by atoms with van der Waals surface area (Å²) >= 11 is 0. The highest BCUT2D eigenvalue weighted by Gasteiger charge is 2.18. The number of aromatic nitrogens is 1. The number of hydrogen-bond donors (Lipinski definition) is 2. The fourth-order valence-electron chi connectivity index (χ4n) is 2.71. The van der Waals surface area contributed by atoms with Crippen molar-refractivity contribution in [3.8, 4) is 5.75 Å². The van der Waals surface area contributed by atoms with Gasteiger partial charge in [0.2, 0.25) is 0 Å². The largest absolute Gasteiger partial charge is 0.490 e. The minimum Gasteiger partial charge on any atom is -0.490 e. The first-order valence-electron chi connectivity index (χ1n) is 8.72. The number of guanidine groups is 1. The first-order chi connectivity index (χ1) is 11.8. The molecule has 6 nitrogen and oxygen atoms in total. The third-order valence-corrected chi connectivity index (χ3v) is 3.92. The number of rotatable bonds is 8. The quantitative estimate of drug-likeness (QED) is 0.205. The molecule has 1 fully saturated rings. The Balaban J connectivity index is 0.00000312. The molecule has 0 bridgehead atoms. The molecule has 2 heterocycles. The van der Waals surface area contributed by atoms with Gasteiger partial charge >= 0.3 is 0 Å². The Hall–Kier alpha value is -1.35. The van der Waals surface area contributed by atoms with Crippen molar-refractivity contribution in [2.45, 2.75) is 25.8 Å². The molecule has 2 N–H and O–H groups in total. The smallest absolute Gasteiger partial charge is 0.191 e. The molecule has 0 amide bonds. The van der Waals surface area contributed by atoms with Gasteiger partial charge in [-0.05, 0) is 31.9 Å². The molecule has 0 unspecified atom stereocenters. The van der Waals surface area contributed by atoms with Crippen LogP contribution in [-0.4, -0.2) is 61.2 Å². The molecule has 0 spiro atoms. The number of nitrogens with one attached hydrogen (secondary N) is 2. The Bertz CT molecular complexity index is 503. The molecule has 2 rings (SSSR count). The van der Waals surface area contributed by atoms with E-state index in [9.17, 15) is 0 Å². The molecular weight excluding hydrogens is 429 g/mol. The van der Waals surface area contributed by atoms with Crippen molar-refractivity contribution in [3.63, 3.8) is 0 Å². The van der Waals surface area contributed by atoms with E-state index in [1.807, 2.05) is 18.2 Å². The van der Waals surface area contributed by atoms with Crippen molar-refractivity contribution in [2.75, 3.05) is 39.3 Å². The van der Waals surface area contributed by atoms with Gasteiger partial charge in [0.25, 0.3) is 0 Å². The van der Waals surface area contributed by atoms with Crippen LogP contribution < -0.4 is 15.4 Å². The van der Waals surface area contributed by atoms with Gasteiger partial charge in [-0.1, -0.05) is 6.08 Å². The molecule has 1 aromatic heterocycles. The molecule has 0 saturated carbocycles. The van der Waals surface area contributed by atoms with Crippen LogP contribution in [0, 0.1) is 0 Å². The topological polar surface area (TPSA) is 61.8 Å². The Morgan fingerprint density at radius 3 is 2.92 bits per heavy atom. The van der Waals surface area contributed by atoms with E-state index in [1.54, 1.807) is 12.4 Å². The molecule has 0 aliphatic carbocycles. The van der Waals surface area contributed by atoms with Crippen molar-refractivity contribution in [1.29, 1.82) is 0 Å². The van der Waals surface area contributed by atoms with E-state index in [1.165, 1.54) is 0 Å². The van der Waals surface area contributed by atoms with Crippen LogP contribution in [-0.2, 0) is 0 Å². The molecule has 0 radical (unpaired) electrons. The van der Waals surface area contributed by atoms with E-state index < -0.39 is 0 Å². The Kier molecular flexibility index (Phi) is 11.2. The highest BCUT2D eigenvalue weighted by molar-refractivity contribution is 14.0. The number of ether oxygens (including phenoxy) is 1. The Morgan fingerprint density at radius 1 is 1.48 bits per heavy atom. The summed E-state index contributed by atoms with van der Waals surface area (Å²) in [6.45, 7) is 11.1. The molecule has 1 aromatic rings. The SMILES string of the molecule is C=CCN1CCC(NC(=NCCOc2cccnc2)NCC)CC1.I. The monoisotopic (exact) mass is 459 g/mol. The van der Waals surface area contributed by atoms with E-state index in [0.717, 1.165) is 50.7 Å². The zero-order valence-electron chi connectivity index (χ0n) is 15.0. The van der Waals surface area contributed by atoms with Crippen molar-refractivity contribution < 1.29 is 4.74 Å². The fourth-order valence-corrected chi connectivity index (χ4v) is 2.71.